The van der Waals surface area contributed by atoms with Gasteiger partial charge in [0.1, 0.15) is 0 Å². The number of fused-ring (bicyclic) bond motifs is 1. The number of carbonyl (C=O) groups excluding carboxylic acids is 1. The summed E-state index contributed by atoms with van der Waals surface area (Å²) < 4.78 is 27.5. The van der Waals surface area contributed by atoms with Crippen molar-refractivity contribution in [3.8, 4) is 0 Å². The van der Waals surface area contributed by atoms with Crippen LogP contribution in [0.3, 0.4) is 0 Å². The van der Waals surface area contributed by atoms with Crippen LogP contribution >= 0.6 is 0 Å². The summed E-state index contributed by atoms with van der Waals surface area (Å²) in [5.41, 5.74) is 2.55. The molecule has 2 heterocycles. The van der Waals surface area contributed by atoms with Gasteiger partial charge in [0.05, 0.1) is 5.75 Å². The number of amides is 1. The van der Waals surface area contributed by atoms with Crippen molar-refractivity contribution in [3.63, 3.8) is 0 Å². The summed E-state index contributed by atoms with van der Waals surface area (Å²) in [7, 11) is -3.35. The molecule has 0 fully saturated rings. The topological polar surface area (TPSA) is 118 Å². The number of aromatic nitrogens is 4. The van der Waals surface area contributed by atoms with Crippen molar-refractivity contribution < 1.29 is 13.2 Å². The Kier molecular flexibility index (Phi) is 5.08. The van der Waals surface area contributed by atoms with E-state index in [1.807, 2.05) is 19.9 Å². The molecule has 142 valence electrons. The molecule has 0 unspecified atom stereocenters. The van der Waals surface area contributed by atoms with Gasteiger partial charge in [-0.15, -0.1) is 5.10 Å². The fraction of sp³-hybridized carbons (Fsp3) is 0.294. The normalized spacial score (nSPS) is 11.5. The Bertz CT molecular complexity index is 1090. The van der Waals surface area contributed by atoms with E-state index < -0.39 is 15.9 Å². The van der Waals surface area contributed by atoms with Crippen molar-refractivity contribution in [3.05, 3.63) is 47.5 Å². The molecule has 9 nitrogen and oxygen atoms in total. The number of nitrogens with one attached hydrogen (secondary N) is 2. The molecule has 0 saturated carbocycles. The zero-order valence-electron chi connectivity index (χ0n) is 15.2. The number of nitrogens with zero attached hydrogens (tertiary/aromatic N) is 4. The van der Waals surface area contributed by atoms with Gasteiger partial charge < -0.3 is 5.32 Å². The van der Waals surface area contributed by atoms with Crippen LogP contribution < -0.4 is 10.0 Å². The Morgan fingerprint density at radius 2 is 1.78 bits per heavy atom. The molecule has 0 radical (unpaired) electrons. The van der Waals surface area contributed by atoms with Gasteiger partial charge in [0.15, 0.2) is 0 Å². The lowest BCUT2D eigenvalue weighted by atomic mass is 10.3. The van der Waals surface area contributed by atoms with Gasteiger partial charge in [0, 0.05) is 22.8 Å². The minimum absolute atomic E-state index is 0.00363. The maximum atomic E-state index is 12.4. The molecule has 0 atom stereocenters. The Morgan fingerprint density at radius 1 is 1.11 bits per heavy atom. The Balaban J connectivity index is 1.74. The van der Waals surface area contributed by atoms with E-state index in [0.717, 1.165) is 11.4 Å². The van der Waals surface area contributed by atoms with Crippen LogP contribution in [0.4, 0.5) is 11.4 Å². The third-order valence-corrected chi connectivity index (χ3v) is 5.20. The molecule has 0 aliphatic rings. The van der Waals surface area contributed by atoms with E-state index in [2.05, 4.69) is 25.1 Å². The molecule has 0 saturated heterocycles. The van der Waals surface area contributed by atoms with Gasteiger partial charge in [-0.3, -0.25) is 9.52 Å². The first-order valence-corrected chi connectivity index (χ1v) is 10.1. The second kappa shape index (κ2) is 7.31. The lowest BCUT2D eigenvalue weighted by Gasteiger charge is -2.08. The number of benzene rings is 1. The summed E-state index contributed by atoms with van der Waals surface area (Å²) in [5, 5.41) is 6.86. The summed E-state index contributed by atoms with van der Waals surface area (Å²) in [6, 6.07) is 8.21. The van der Waals surface area contributed by atoms with Crippen LogP contribution in [0.15, 0.2) is 30.3 Å². The molecule has 1 amide bonds. The maximum Gasteiger partial charge on any atom is 0.295 e. The third-order valence-electron chi connectivity index (χ3n) is 3.71. The van der Waals surface area contributed by atoms with Gasteiger partial charge in [-0.1, -0.05) is 6.92 Å². The molecule has 2 aromatic heterocycles. The Morgan fingerprint density at radius 3 is 2.44 bits per heavy atom. The first kappa shape index (κ1) is 18.8. The fourth-order valence-electron chi connectivity index (χ4n) is 2.57. The van der Waals surface area contributed by atoms with Crippen LogP contribution in [-0.2, 0) is 10.0 Å². The number of rotatable bonds is 6. The Labute approximate surface area is 156 Å². The molecule has 1 aromatic carbocycles. The average Bonchev–Trinajstić information content (AvgIpc) is 3.00. The van der Waals surface area contributed by atoms with E-state index >= 15 is 0 Å². The van der Waals surface area contributed by atoms with Crippen LogP contribution in [0.1, 0.15) is 35.4 Å². The minimum atomic E-state index is -3.35. The standard InChI is InChI=1S/C17H20N6O3S/c1-4-9-27(25,26)22-14-7-5-13(6-8-14)19-16(24)15-20-17-18-11(2)10-12(3)23(17)21-15/h5-8,10,22H,4,9H2,1-3H3,(H,19,24). The molecule has 27 heavy (non-hydrogen) atoms. The number of aryl methyl sites for hydroxylation is 2. The number of hydrogen-bond donors (Lipinski definition) is 2. The highest BCUT2D eigenvalue weighted by atomic mass is 32.2. The number of hydrogen-bond acceptors (Lipinski definition) is 6. The molecule has 0 spiro atoms. The molecule has 3 rings (SSSR count). The summed E-state index contributed by atoms with van der Waals surface area (Å²) in [4.78, 5) is 20.8. The molecule has 3 aromatic rings. The first-order chi connectivity index (χ1) is 12.8. The van der Waals surface area contributed by atoms with Crippen LogP contribution in [0.2, 0.25) is 0 Å². The van der Waals surface area contributed by atoms with Crippen molar-refractivity contribution in [1.82, 2.24) is 19.6 Å². The largest absolute Gasteiger partial charge is 0.319 e. The zero-order chi connectivity index (χ0) is 19.6. The molecule has 0 aliphatic heterocycles. The van der Waals surface area contributed by atoms with Crippen LogP contribution in [-0.4, -0.2) is 39.7 Å². The lowest BCUT2D eigenvalue weighted by molar-refractivity contribution is 0.101. The number of sulfonamides is 1. The van der Waals surface area contributed by atoms with Gasteiger partial charge in [-0.25, -0.2) is 17.9 Å². The summed E-state index contributed by atoms with van der Waals surface area (Å²) in [5.74, 6) is -0.0584. The Hall–Kier alpha value is -3.01. The van der Waals surface area contributed by atoms with E-state index in [1.54, 1.807) is 31.2 Å². The van der Waals surface area contributed by atoms with Gasteiger partial charge in [-0.2, -0.15) is 4.98 Å². The number of anilines is 2. The predicted octanol–water partition coefficient (Wildman–Crippen LogP) is 2.15. The summed E-state index contributed by atoms with van der Waals surface area (Å²) in [6.07, 6.45) is 0.531. The minimum Gasteiger partial charge on any atom is -0.319 e. The van der Waals surface area contributed by atoms with E-state index in [9.17, 15) is 13.2 Å². The van der Waals surface area contributed by atoms with E-state index in [1.165, 1.54) is 4.52 Å². The summed E-state index contributed by atoms with van der Waals surface area (Å²) >= 11 is 0. The highest BCUT2D eigenvalue weighted by Crippen LogP contribution is 2.16. The lowest BCUT2D eigenvalue weighted by Crippen LogP contribution is -2.16. The van der Waals surface area contributed by atoms with Gasteiger partial charge in [0.25, 0.3) is 11.7 Å². The van der Waals surface area contributed by atoms with Crippen molar-refractivity contribution in [1.29, 1.82) is 0 Å². The molecule has 0 aliphatic carbocycles. The highest BCUT2D eigenvalue weighted by molar-refractivity contribution is 7.92. The SMILES string of the molecule is CCCS(=O)(=O)Nc1ccc(NC(=O)c2nc3nc(C)cc(C)n3n2)cc1. The van der Waals surface area contributed by atoms with Crippen molar-refractivity contribution >= 4 is 33.1 Å². The van der Waals surface area contributed by atoms with Gasteiger partial charge in [0.2, 0.25) is 15.8 Å². The van der Waals surface area contributed by atoms with E-state index in [0.29, 0.717) is 23.6 Å². The van der Waals surface area contributed by atoms with Gasteiger partial charge in [-0.05, 0) is 50.6 Å². The molecule has 10 heteroatoms. The van der Waals surface area contributed by atoms with Crippen molar-refractivity contribution in [2.45, 2.75) is 27.2 Å². The van der Waals surface area contributed by atoms with Crippen LogP contribution in [0, 0.1) is 13.8 Å². The van der Waals surface area contributed by atoms with Crippen molar-refractivity contribution in [2.24, 2.45) is 0 Å². The molecule has 2 N–H and O–H groups in total. The van der Waals surface area contributed by atoms with E-state index in [4.69, 9.17) is 0 Å². The van der Waals surface area contributed by atoms with E-state index in [-0.39, 0.29) is 11.6 Å². The fourth-order valence-corrected chi connectivity index (χ4v) is 3.71. The molecular weight excluding hydrogens is 368 g/mol. The molecule has 0 bridgehead atoms. The maximum absolute atomic E-state index is 12.4. The number of carbonyl (C=O) groups is 1. The van der Waals surface area contributed by atoms with Crippen LogP contribution in [0.5, 0.6) is 0 Å². The van der Waals surface area contributed by atoms with Crippen LogP contribution in [0.25, 0.3) is 5.78 Å². The zero-order valence-corrected chi connectivity index (χ0v) is 16.0. The highest BCUT2D eigenvalue weighted by Gasteiger charge is 2.15. The molecular formula is C17H20N6O3S. The van der Waals surface area contributed by atoms with Crippen molar-refractivity contribution in [2.75, 3.05) is 15.8 Å². The second-order valence-corrected chi connectivity index (χ2v) is 7.98. The summed E-state index contributed by atoms with van der Waals surface area (Å²) in [6.45, 7) is 5.50. The predicted molar refractivity (Wildman–Crippen MR) is 102 cm³/mol. The monoisotopic (exact) mass is 388 g/mol. The first-order valence-electron chi connectivity index (χ1n) is 8.40. The smallest absolute Gasteiger partial charge is 0.295 e. The quantitative estimate of drug-likeness (QED) is 0.668. The third kappa shape index (κ3) is 4.40. The second-order valence-electron chi connectivity index (χ2n) is 6.14. The average molecular weight is 388 g/mol. The van der Waals surface area contributed by atoms with Gasteiger partial charge >= 0.3 is 0 Å².